The third-order valence-corrected chi connectivity index (χ3v) is 3.25. The molecule has 0 saturated heterocycles. The average molecular weight is 216 g/mol. The second-order valence-electron chi connectivity index (χ2n) is 4.41. The van der Waals surface area contributed by atoms with Crippen molar-refractivity contribution in [2.75, 3.05) is 0 Å². The lowest BCUT2D eigenvalue weighted by molar-refractivity contribution is 0.0698. The van der Waals surface area contributed by atoms with Gasteiger partial charge < -0.3 is 9.67 Å². The molecule has 1 N–H and O–H groups in total. The molecule has 4 nitrogen and oxygen atoms in total. The van der Waals surface area contributed by atoms with Gasteiger partial charge in [0.05, 0.1) is 22.9 Å². The molecule has 1 heterocycles. The van der Waals surface area contributed by atoms with E-state index in [-0.39, 0.29) is 0 Å². The SMILES string of the molecule is CC1CC1n1cnc2cccc(C(=O)O)c21. The number of carbonyl (C=O) groups is 1. The van der Waals surface area contributed by atoms with Crippen molar-refractivity contribution < 1.29 is 9.90 Å². The Kier molecular flexibility index (Phi) is 1.80. The normalized spacial score (nSPS) is 23.6. The Bertz CT molecular complexity index is 573. The van der Waals surface area contributed by atoms with Crippen molar-refractivity contribution in [2.45, 2.75) is 19.4 Å². The molecule has 82 valence electrons. The van der Waals surface area contributed by atoms with Crippen LogP contribution < -0.4 is 0 Å². The van der Waals surface area contributed by atoms with E-state index >= 15 is 0 Å². The van der Waals surface area contributed by atoms with Gasteiger partial charge in [-0.1, -0.05) is 13.0 Å². The fraction of sp³-hybridized carbons (Fsp3) is 0.333. The maximum atomic E-state index is 11.1. The van der Waals surface area contributed by atoms with Gasteiger partial charge in [0.2, 0.25) is 0 Å². The van der Waals surface area contributed by atoms with E-state index in [1.165, 1.54) is 0 Å². The number of fused-ring (bicyclic) bond motifs is 1. The number of aromatic nitrogens is 2. The smallest absolute Gasteiger partial charge is 0.337 e. The molecule has 1 fully saturated rings. The summed E-state index contributed by atoms with van der Waals surface area (Å²) in [5, 5.41) is 9.15. The second-order valence-corrected chi connectivity index (χ2v) is 4.41. The van der Waals surface area contributed by atoms with Gasteiger partial charge in [-0.3, -0.25) is 0 Å². The van der Waals surface area contributed by atoms with Crippen LogP contribution in [0.1, 0.15) is 29.7 Å². The molecular formula is C12H12N2O2. The van der Waals surface area contributed by atoms with Gasteiger partial charge >= 0.3 is 5.97 Å². The van der Waals surface area contributed by atoms with Crippen molar-refractivity contribution >= 4 is 17.0 Å². The third-order valence-electron chi connectivity index (χ3n) is 3.25. The summed E-state index contributed by atoms with van der Waals surface area (Å²) in [5.74, 6) is -0.264. The molecule has 0 spiro atoms. The molecule has 16 heavy (non-hydrogen) atoms. The number of rotatable bonds is 2. The Morgan fingerprint density at radius 3 is 2.94 bits per heavy atom. The summed E-state index contributed by atoms with van der Waals surface area (Å²) in [6.07, 6.45) is 2.87. The molecule has 1 aliphatic carbocycles. The summed E-state index contributed by atoms with van der Waals surface area (Å²) >= 11 is 0. The number of aromatic carboxylic acids is 1. The highest BCUT2D eigenvalue weighted by Gasteiger charge is 2.35. The van der Waals surface area contributed by atoms with E-state index in [2.05, 4.69) is 11.9 Å². The van der Waals surface area contributed by atoms with Crippen LogP contribution in [0.15, 0.2) is 24.5 Å². The summed E-state index contributed by atoms with van der Waals surface area (Å²) < 4.78 is 2.00. The molecule has 0 aliphatic heterocycles. The zero-order chi connectivity index (χ0) is 11.3. The van der Waals surface area contributed by atoms with E-state index < -0.39 is 5.97 Å². The van der Waals surface area contributed by atoms with E-state index in [4.69, 9.17) is 5.11 Å². The maximum Gasteiger partial charge on any atom is 0.337 e. The van der Waals surface area contributed by atoms with Crippen LogP contribution in [0.2, 0.25) is 0 Å². The molecule has 4 heteroatoms. The van der Waals surface area contributed by atoms with Crippen LogP contribution in [-0.4, -0.2) is 20.6 Å². The van der Waals surface area contributed by atoms with Crippen LogP contribution in [0.4, 0.5) is 0 Å². The molecule has 2 atom stereocenters. The van der Waals surface area contributed by atoms with E-state index in [0.717, 1.165) is 17.5 Å². The van der Waals surface area contributed by atoms with Crippen LogP contribution in [-0.2, 0) is 0 Å². The Morgan fingerprint density at radius 2 is 2.31 bits per heavy atom. The first-order chi connectivity index (χ1) is 7.68. The molecule has 1 aromatic heterocycles. The summed E-state index contributed by atoms with van der Waals surface area (Å²) in [4.78, 5) is 15.4. The van der Waals surface area contributed by atoms with Gasteiger partial charge in [-0.05, 0) is 24.5 Å². The molecule has 2 aromatic rings. The minimum absolute atomic E-state index is 0.342. The third kappa shape index (κ3) is 1.23. The van der Waals surface area contributed by atoms with Crippen molar-refractivity contribution in [1.29, 1.82) is 0 Å². The average Bonchev–Trinajstić information content (AvgIpc) is 2.83. The number of carboxylic acid groups (broad SMARTS) is 1. The Labute approximate surface area is 92.5 Å². The largest absolute Gasteiger partial charge is 0.478 e. The summed E-state index contributed by atoms with van der Waals surface area (Å²) in [6.45, 7) is 2.17. The number of nitrogens with zero attached hydrogens (tertiary/aromatic N) is 2. The number of imidazole rings is 1. The fourth-order valence-corrected chi connectivity index (χ4v) is 2.20. The van der Waals surface area contributed by atoms with Crippen LogP contribution >= 0.6 is 0 Å². The number of hydrogen-bond acceptors (Lipinski definition) is 2. The van der Waals surface area contributed by atoms with Crippen LogP contribution in [0, 0.1) is 5.92 Å². The van der Waals surface area contributed by atoms with E-state index in [0.29, 0.717) is 17.5 Å². The monoisotopic (exact) mass is 216 g/mol. The predicted molar refractivity (Wildman–Crippen MR) is 59.5 cm³/mol. The number of benzene rings is 1. The number of hydrogen-bond donors (Lipinski definition) is 1. The lowest BCUT2D eigenvalue weighted by Crippen LogP contribution is -2.02. The van der Waals surface area contributed by atoms with Crippen molar-refractivity contribution in [2.24, 2.45) is 5.92 Å². The maximum absolute atomic E-state index is 11.1. The molecule has 1 saturated carbocycles. The Morgan fingerprint density at radius 1 is 1.56 bits per heavy atom. The molecule has 1 aromatic carbocycles. The molecular weight excluding hydrogens is 204 g/mol. The van der Waals surface area contributed by atoms with Crippen molar-refractivity contribution in [3.63, 3.8) is 0 Å². The summed E-state index contributed by atoms with van der Waals surface area (Å²) in [5.41, 5.74) is 1.86. The van der Waals surface area contributed by atoms with Crippen molar-refractivity contribution in [1.82, 2.24) is 9.55 Å². The molecule has 1 aliphatic rings. The van der Waals surface area contributed by atoms with Gasteiger partial charge in [0.15, 0.2) is 0 Å². The topological polar surface area (TPSA) is 55.1 Å². The molecule has 0 radical (unpaired) electrons. The molecule has 0 bridgehead atoms. The summed E-state index contributed by atoms with van der Waals surface area (Å²) in [6, 6.07) is 5.64. The number of para-hydroxylation sites is 1. The Balaban J connectivity index is 2.26. The highest BCUT2D eigenvalue weighted by Crippen LogP contribution is 2.44. The Hall–Kier alpha value is -1.84. The van der Waals surface area contributed by atoms with E-state index in [9.17, 15) is 4.79 Å². The quantitative estimate of drug-likeness (QED) is 0.838. The van der Waals surface area contributed by atoms with Crippen LogP contribution in [0.5, 0.6) is 0 Å². The highest BCUT2D eigenvalue weighted by atomic mass is 16.4. The zero-order valence-corrected chi connectivity index (χ0v) is 8.92. The standard InChI is InChI=1S/C12H12N2O2/c1-7-5-10(7)14-6-13-9-4-2-3-8(11(9)14)12(15)16/h2-4,6-7,10H,5H2,1H3,(H,15,16). The van der Waals surface area contributed by atoms with Crippen molar-refractivity contribution in [3.8, 4) is 0 Å². The van der Waals surface area contributed by atoms with Gasteiger partial charge in [0.1, 0.15) is 0 Å². The molecule has 0 amide bonds. The fourth-order valence-electron chi connectivity index (χ4n) is 2.20. The van der Waals surface area contributed by atoms with Crippen molar-refractivity contribution in [3.05, 3.63) is 30.1 Å². The predicted octanol–water partition coefficient (Wildman–Crippen LogP) is 2.32. The van der Waals surface area contributed by atoms with E-state index in [1.54, 1.807) is 18.5 Å². The minimum Gasteiger partial charge on any atom is -0.478 e. The highest BCUT2D eigenvalue weighted by molar-refractivity contribution is 6.01. The van der Waals surface area contributed by atoms with Gasteiger partial charge in [0.25, 0.3) is 0 Å². The zero-order valence-electron chi connectivity index (χ0n) is 8.92. The van der Waals surface area contributed by atoms with Gasteiger partial charge in [-0.15, -0.1) is 0 Å². The van der Waals surface area contributed by atoms with Gasteiger partial charge in [0, 0.05) is 6.04 Å². The first-order valence-corrected chi connectivity index (χ1v) is 5.37. The molecule has 2 unspecified atom stereocenters. The number of carboxylic acids is 1. The van der Waals surface area contributed by atoms with Gasteiger partial charge in [-0.2, -0.15) is 0 Å². The first-order valence-electron chi connectivity index (χ1n) is 5.37. The van der Waals surface area contributed by atoms with Crippen LogP contribution in [0.25, 0.3) is 11.0 Å². The second kappa shape index (κ2) is 3.07. The minimum atomic E-state index is -0.888. The lowest BCUT2D eigenvalue weighted by Gasteiger charge is -2.04. The molecule has 3 rings (SSSR count). The summed E-state index contributed by atoms with van der Waals surface area (Å²) in [7, 11) is 0. The first kappa shape index (κ1) is 9.39. The van der Waals surface area contributed by atoms with E-state index in [1.807, 2.05) is 10.6 Å². The van der Waals surface area contributed by atoms with Gasteiger partial charge in [-0.25, -0.2) is 9.78 Å². The lowest BCUT2D eigenvalue weighted by atomic mass is 10.2. The van der Waals surface area contributed by atoms with Crippen LogP contribution in [0.3, 0.4) is 0 Å².